The van der Waals surface area contributed by atoms with E-state index in [-0.39, 0.29) is 14.9 Å². The van der Waals surface area contributed by atoms with Crippen molar-refractivity contribution in [1.29, 1.82) is 0 Å². The second-order valence-electron chi connectivity index (χ2n) is 4.00. The van der Waals surface area contributed by atoms with Crippen molar-refractivity contribution in [3.8, 4) is 0 Å². The summed E-state index contributed by atoms with van der Waals surface area (Å²) in [7, 11) is -4.40. The molecule has 0 bridgehead atoms. The Hall–Kier alpha value is -2.43. The minimum atomic E-state index is -4.40. The Morgan fingerprint density at radius 2 is 2.00 bits per heavy atom. The number of hydrogen-bond donors (Lipinski definition) is 3. The number of rotatable bonds is 4. The van der Waals surface area contributed by atoms with Crippen LogP contribution in [-0.2, 0) is 10.0 Å². The number of carboxylic acid groups (broad SMARTS) is 1. The van der Waals surface area contributed by atoms with Gasteiger partial charge in [0.2, 0.25) is 0 Å². The molecule has 0 amide bonds. The van der Waals surface area contributed by atoms with Gasteiger partial charge < -0.3 is 10.5 Å². The van der Waals surface area contributed by atoms with E-state index in [9.17, 15) is 18.0 Å². The highest BCUT2D eigenvalue weighted by atomic mass is 35.5. The van der Waals surface area contributed by atoms with Crippen LogP contribution in [0.5, 0.6) is 0 Å². The second-order valence-corrected chi connectivity index (χ2v) is 6.17. The predicted molar refractivity (Wildman–Crippen MR) is 77.3 cm³/mol. The molecule has 4 N–H and O–H groups in total. The molecule has 9 nitrogen and oxygen atoms in total. The van der Waals surface area contributed by atoms with Crippen LogP contribution in [0, 0.1) is 0 Å². The third-order valence-corrected chi connectivity index (χ3v) is 4.51. The van der Waals surface area contributed by atoms with Gasteiger partial charge in [0.1, 0.15) is 0 Å². The number of nitrogens with one attached hydrogen (secondary N) is 1. The summed E-state index contributed by atoms with van der Waals surface area (Å²) in [6, 6.07) is 5.16. The van der Waals surface area contributed by atoms with Crippen molar-refractivity contribution in [2.24, 2.45) is 5.84 Å². The van der Waals surface area contributed by atoms with Gasteiger partial charge in [0, 0.05) is 6.07 Å². The summed E-state index contributed by atoms with van der Waals surface area (Å²) in [6.07, 6.45) is 0. The molecule has 1 heterocycles. The summed E-state index contributed by atoms with van der Waals surface area (Å²) < 4.78 is 25.0. The number of aromatic carboxylic acids is 1. The van der Waals surface area contributed by atoms with Crippen LogP contribution in [-0.4, -0.2) is 28.7 Å². The molecule has 1 aromatic carbocycles. The zero-order valence-electron chi connectivity index (χ0n) is 10.7. The maximum atomic E-state index is 12.4. The standard InChI is InChI=1S/C11H9ClN4O5S/c12-8-2-1-6(5-7(8)11(18)19)22(20,21)16-10(17)4-3-9(14-13)15-16/h1-5H,13H2,(H,14,15)(H,18,19). The summed E-state index contributed by atoms with van der Waals surface area (Å²) in [6.45, 7) is 0. The fourth-order valence-corrected chi connectivity index (χ4v) is 2.97. The summed E-state index contributed by atoms with van der Waals surface area (Å²) >= 11 is 5.68. The number of hydrogen-bond acceptors (Lipinski definition) is 7. The quantitative estimate of drug-likeness (QED) is 0.523. The first kappa shape index (κ1) is 15.9. The van der Waals surface area contributed by atoms with E-state index in [2.05, 4.69) is 10.5 Å². The molecule has 2 aromatic rings. The molecular weight excluding hydrogens is 336 g/mol. The summed E-state index contributed by atoms with van der Waals surface area (Å²) in [5.41, 5.74) is 0.768. The average molecular weight is 345 g/mol. The number of nitrogens with two attached hydrogens (primary N) is 1. The molecule has 0 saturated heterocycles. The van der Waals surface area contributed by atoms with E-state index >= 15 is 0 Å². The number of benzene rings is 1. The molecule has 0 saturated carbocycles. The molecule has 11 heteroatoms. The van der Waals surface area contributed by atoms with Gasteiger partial charge in [-0.25, -0.2) is 10.6 Å². The van der Waals surface area contributed by atoms with E-state index in [1.807, 2.05) is 0 Å². The van der Waals surface area contributed by atoms with Crippen LogP contribution in [0.4, 0.5) is 5.82 Å². The van der Waals surface area contributed by atoms with Gasteiger partial charge >= 0.3 is 5.97 Å². The lowest BCUT2D eigenvalue weighted by Gasteiger charge is -2.09. The van der Waals surface area contributed by atoms with Crippen LogP contribution in [0.1, 0.15) is 10.4 Å². The lowest BCUT2D eigenvalue weighted by Crippen LogP contribution is -2.30. The van der Waals surface area contributed by atoms with Gasteiger partial charge in [-0.15, -0.1) is 9.19 Å². The normalized spacial score (nSPS) is 11.2. The molecule has 0 aliphatic carbocycles. The molecule has 0 aliphatic rings. The minimum Gasteiger partial charge on any atom is -0.478 e. The maximum Gasteiger partial charge on any atom is 0.337 e. The topological polar surface area (TPSA) is 144 Å². The summed E-state index contributed by atoms with van der Waals surface area (Å²) in [4.78, 5) is 22.3. The van der Waals surface area contributed by atoms with Crippen molar-refractivity contribution in [2.45, 2.75) is 4.90 Å². The second kappa shape index (κ2) is 5.75. The first-order valence-electron chi connectivity index (χ1n) is 5.63. The van der Waals surface area contributed by atoms with Gasteiger partial charge in [0.15, 0.2) is 5.82 Å². The lowest BCUT2D eigenvalue weighted by molar-refractivity contribution is 0.0697. The molecule has 0 atom stereocenters. The van der Waals surface area contributed by atoms with Crippen LogP contribution in [0.15, 0.2) is 40.0 Å². The Morgan fingerprint density at radius 3 is 2.59 bits per heavy atom. The van der Waals surface area contributed by atoms with E-state index in [1.54, 1.807) is 0 Å². The smallest absolute Gasteiger partial charge is 0.337 e. The molecule has 0 unspecified atom stereocenters. The van der Waals surface area contributed by atoms with E-state index in [4.69, 9.17) is 22.6 Å². The van der Waals surface area contributed by atoms with E-state index in [1.165, 1.54) is 6.07 Å². The number of hydrazine groups is 1. The van der Waals surface area contributed by atoms with Crippen molar-refractivity contribution in [3.63, 3.8) is 0 Å². The molecule has 22 heavy (non-hydrogen) atoms. The van der Waals surface area contributed by atoms with Gasteiger partial charge in [0.05, 0.1) is 15.5 Å². The van der Waals surface area contributed by atoms with Crippen LogP contribution < -0.4 is 16.8 Å². The van der Waals surface area contributed by atoms with Crippen LogP contribution in [0.25, 0.3) is 0 Å². The highest BCUT2D eigenvalue weighted by molar-refractivity contribution is 7.89. The Morgan fingerprint density at radius 1 is 1.32 bits per heavy atom. The first-order chi connectivity index (χ1) is 10.3. The molecule has 0 radical (unpaired) electrons. The minimum absolute atomic E-state index is 0.0596. The Labute approximate surface area is 129 Å². The van der Waals surface area contributed by atoms with Crippen LogP contribution >= 0.6 is 11.6 Å². The van der Waals surface area contributed by atoms with Crippen molar-refractivity contribution in [3.05, 3.63) is 51.3 Å². The fourth-order valence-electron chi connectivity index (χ4n) is 1.57. The Kier molecular flexibility index (Phi) is 4.17. The Bertz CT molecular complexity index is 909. The predicted octanol–water partition coefficient (Wildman–Crippen LogP) is 0.117. The van der Waals surface area contributed by atoms with E-state index in [0.717, 1.165) is 24.3 Å². The van der Waals surface area contributed by atoms with Crippen LogP contribution in [0.2, 0.25) is 5.02 Å². The average Bonchev–Trinajstić information content (AvgIpc) is 2.47. The first-order valence-corrected chi connectivity index (χ1v) is 7.44. The number of carboxylic acids is 1. The number of halogens is 1. The number of aromatic nitrogens is 2. The highest BCUT2D eigenvalue weighted by Crippen LogP contribution is 2.21. The van der Waals surface area contributed by atoms with Crippen molar-refractivity contribution in [1.82, 2.24) is 9.19 Å². The maximum absolute atomic E-state index is 12.4. The summed E-state index contributed by atoms with van der Waals surface area (Å²) in [5, 5.41) is 12.4. The number of anilines is 1. The molecule has 1 aromatic heterocycles. The van der Waals surface area contributed by atoms with E-state index < -0.39 is 32.0 Å². The molecule has 2 rings (SSSR count). The lowest BCUT2D eigenvalue weighted by atomic mass is 10.2. The monoisotopic (exact) mass is 344 g/mol. The largest absolute Gasteiger partial charge is 0.478 e. The van der Waals surface area contributed by atoms with Gasteiger partial charge in [0.25, 0.3) is 15.6 Å². The van der Waals surface area contributed by atoms with Gasteiger partial charge in [-0.1, -0.05) is 11.6 Å². The van der Waals surface area contributed by atoms with Crippen molar-refractivity contribution >= 4 is 33.4 Å². The highest BCUT2D eigenvalue weighted by Gasteiger charge is 2.22. The van der Waals surface area contributed by atoms with Crippen molar-refractivity contribution in [2.75, 3.05) is 5.43 Å². The molecule has 0 spiro atoms. The Balaban J connectivity index is 2.68. The van der Waals surface area contributed by atoms with Crippen molar-refractivity contribution < 1.29 is 18.3 Å². The molecule has 0 fully saturated rings. The molecule has 116 valence electrons. The third kappa shape index (κ3) is 2.79. The molecule has 0 aliphatic heterocycles. The SMILES string of the molecule is NNc1ccc(=O)n(S(=O)(=O)c2ccc(Cl)c(C(=O)O)c2)n1. The van der Waals surface area contributed by atoms with E-state index in [0.29, 0.717) is 0 Å². The number of nitrogen functional groups attached to an aromatic ring is 1. The van der Waals surface area contributed by atoms with Gasteiger partial charge in [-0.3, -0.25) is 4.79 Å². The van der Waals surface area contributed by atoms with Gasteiger partial charge in [-0.05, 0) is 24.3 Å². The number of carbonyl (C=O) groups is 1. The van der Waals surface area contributed by atoms with Gasteiger partial charge in [-0.2, -0.15) is 8.42 Å². The fraction of sp³-hybridized carbons (Fsp3) is 0. The van der Waals surface area contributed by atoms with Crippen LogP contribution in [0.3, 0.4) is 0 Å². The third-order valence-electron chi connectivity index (χ3n) is 2.61. The number of nitrogens with zero attached hydrogens (tertiary/aromatic N) is 2. The molecular formula is C11H9ClN4O5S. The zero-order chi connectivity index (χ0) is 16.5. The zero-order valence-corrected chi connectivity index (χ0v) is 12.3. The summed E-state index contributed by atoms with van der Waals surface area (Å²) in [5.74, 6) is 3.65.